The highest BCUT2D eigenvalue weighted by atomic mass is 32.1. The highest BCUT2D eigenvalue weighted by Crippen LogP contribution is 2.58. The molecule has 0 unspecified atom stereocenters. The first-order valence-corrected chi connectivity index (χ1v) is 43.3. The number of fused-ring (bicyclic) bond motifs is 4. The van der Waals surface area contributed by atoms with Gasteiger partial charge in [-0.05, 0) is 109 Å². The van der Waals surface area contributed by atoms with Crippen LogP contribution in [0.1, 0.15) is 284 Å². The molecule has 99 heavy (non-hydrogen) atoms. The van der Waals surface area contributed by atoms with E-state index in [1.165, 1.54) is 242 Å². The first kappa shape index (κ1) is 76.2. The van der Waals surface area contributed by atoms with Crippen LogP contribution < -0.4 is 18.9 Å². The van der Waals surface area contributed by atoms with Gasteiger partial charge in [0.25, 0.3) is 0 Å². The van der Waals surface area contributed by atoms with Gasteiger partial charge >= 0.3 is 0 Å². The predicted molar refractivity (Wildman–Crippen MR) is 434 cm³/mol. The number of thiophene rings is 3. The van der Waals surface area contributed by atoms with E-state index in [0.29, 0.717) is 26.4 Å². The van der Waals surface area contributed by atoms with Gasteiger partial charge in [0.05, 0.1) is 72.1 Å². The summed E-state index contributed by atoms with van der Waals surface area (Å²) < 4.78 is 53.5. The van der Waals surface area contributed by atoms with Crippen molar-refractivity contribution < 1.29 is 18.9 Å². The molecule has 0 amide bonds. The Kier molecular flexibility index (Phi) is 32.5. The summed E-state index contributed by atoms with van der Waals surface area (Å²) in [5.41, 5.74) is 12.9. The number of benzene rings is 5. The Hall–Kier alpha value is -5.44. The Morgan fingerprint density at radius 1 is 0.273 bits per heavy atom. The maximum absolute atomic E-state index is 7.46. The Morgan fingerprint density at radius 3 is 0.929 bits per heavy atom. The third-order valence-electron chi connectivity index (χ3n) is 19.9. The monoisotopic (exact) mass is 1430 g/mol. The standard InChI is InChI=1S/C86H116N4O4S5/c1-7-13-19-25-31-43-53-65-67-61-71(75-79-77(87-98-89-79)73(64-51-41-38-42-52-64)81(91-57-45-33-27-21-15-9-3)83(75)93-59-47-35-29-23-17-11-5)96-85(67)66(54-44-32-26-20-14-8-2)68-62-72(97-86(65)68)76-80-78(88-99-90-80)74(70-56-55-69(95-70)63-49-39-37-40-50-63)82(92-58-46-34-28-22-16-10-4)84(76)94-60-48-36-30-24-18-12-6/h37-42,49-52,55-56,61-62H,7-36,43-48,53-54,57-60H2,1-6H3. The van der Waals surface area contributed by atoms with E-state index in [2.05, 4.69) is 126 Å². The molecular weight excluding hydrogens is 1310 g/mol. The van der Waals surface area contributed by atoms with Gasteiger partial charge in [-0.15, -0.1) is 34.0 Å². The van der Waals surface area contributed by atoms with Crippen molar-refractivity contribution in [2.75, 3.05) is 26.4 Å². The second-order valence-electron chi connectivity index (χ2n) is 27.8. The van der Waals surface area contributed by atoms with Gasteiger partial charge < -0.3 is 18.9 Å². The van der Waals surface area contributed by atoms with Gasteiger partial charge in [0.15, 0.2) is 23.0 Å². The molecule has 0 saturated heterocycles. The molecule has 5 aromatic carbocycles. The van der Waals surface area contributed by atoms with Crippen molar-refractivity contribution in [3.8, 4) is 75.9 Å². The van der Waals surface area contributed by atoms with E-state index < -0.39 is 0 Å². The highest BCUT2D eigenvalue weighted by molar-refractivity contribution is 7.24. The van der Waals surface area contributed by atoms with Crippen LogP contribution in [-0.4, -0.2) is 43.9 Å². The summed E-state index contributed by atoms with van der Waals surface area (Å²) >= 11 is 8.36. The van der Waals surface area contributed by atoms with Crippen molar-refractivity contribution in [3.63, 3.8) is 0 Å². The lowest BCUT2D eigenvalue weighted by Crippen LogP contribution is -2.06. The highest BCUT2D eigenvalue weighted by Gasteiger charge is 2.33. The van der Waals surface area contributed by atoms with E-state index >= 15 is 0 Å². The minimum atomic E-state index is 0.606. The van der Waals surface area contributed by atoms with Crippen molar-refractivity contribution in [2.24, 2.45) is 0 Å². The largest absolute Gasteiger partial charge is 0.489 e. The topological polar surface area (TPSA) is 88.5 Å². The molecule has 0 aliphatic rings. The zero-order valence-electron chi connectivity index (χ0n) is 61.2. The van der Waals surface area contributed by atoms with Gasteiger partial charge in [-0.3, -0.25) is 0 Å². The summed E-state index contributed by atoms with van der Waals surface area (Å²) in [5, 5.41) is 2.74. The van der Waals surface area contributed by atoms with E-state index in [1.807, 2.05) is 34.0 Å². The van der Waals surface area contributed by atoms with E-state index in [1.54, 1.807) is 0 Å². The molecule has 13 heteroatoms. The Balaban J connectivity index is 1.19. The maximum Gasteiger partial charge on any atom is 0.172 e. The molecule has 0 aliphatic heterocycles. The van der Waals surface area contributed by atoms with Crippen molar-refractivity contribution in [1.82, 2.24) is 17.5 Å². The third kappa shape index (κ3) is 20.7. The summed E-state index contributed by atoms with van der Waals surface area (Å²) in [5.74, 6) is 3.28. The zero-order valence-corrected chi connectivity index (χ0v) is 65.3. The van der Waals surface area contributed by atoms with Gasteiger partial charge in [-0.2, -0.15) is 17.5 Å². The summed E-state index contributed by atoms with van der Waals surface area (Å²) in [6, 6.07) is 31.3. The molecule has 8 nitrogen and oxygen atoms in total. The van der Waals surface area contributed by atoms with Gasteiger partial charge in [-0.1, -0.05) is 295 Å². The average Bonchev–Trinajstić information content (AvgIpc) is 1.40. The zero-order chi connectivity index (χ0) is 68.6. The van der Waals surface area contributed by atoms with Crippen LogP contribution in [0.4, 0.5) is 0 Å². The van der Waals surface area contributed by atoms with Crippen molar-refractivity contribution in [1.29, 1.82) is 0 Å². The van der Waals surface area contributed by atoms with E-state index in [4.69, 9.17) is 36.4 Å². The minimum Gasteiger partial charge on any atom is -0.489 e. The number of nitrogens with zero attached hydrogens (tertiary/aromatic N) is 4. The molecule has 0 atom stereocenters. The fourth-order valence-electron chi connectivity index (χ4n) is 14.3. The molecule has 0 saturated carbocycles. The smallest absolute Gasteiger partial charge is 0.172 e. The van der Waals surface area contributed by atoms with Crippen molar-refractivity contribution >= 4 is 99.7 Å². The predicted octanol–water partition coefficient (Wildman–Crippen LogP) is 29.3. The number of ether oxygens (including phenoxy) is 4. The lowest BCUT2D eigenvalue weighted by Gasteiger charge is -2.20. The van der Waals surface area contributed by atoms with Crippen LogP contribution in [0, 0.1) is 0 Å². The first-order valence-electron chi connectivity index (χ1n) is 39.4. The van der Waals surface area contributed by atoms with Crippen LogP contribution in [-0.2, 0) is 12.8 Å². The van der Waals surface area contributed by atoms with Crippen LogP contribution in [0.15, 0.2) is 84.9 Å². The molecule has 0 radical (unpaired) electrons. The van der Waals surface area contributed by atoms with E-state index in [9.17, 15) is 0 Å². The fourth-order valence-corrected chi connectivity index (χ4v) is 19.1. The minimum absolute atomic E-state index is 0.606. The first-order chi connectivity index (χ1) is 49.0. The molecular formula is C86H116N4O4S5. The molecule has 0 fully saturated rings. The Bertz CT molecular complexity index is 3880. The average molecular weight is 1430 g/mol. The lowest BCUT2D eigenvalue weighted by atomic mass is 9.93. The fraction of sp³-hybridized carbons (Fsp3) is 0.558. The van der Waals surface area contributed by atoms with Crippen molar-refractivity contribution in [3.05, 3.63) is 96.1 Å². The number of hydrogen-bond donors (Lipinski definition) is 0. The normalized spacial score (nSPS) is 11.8. The second kappa shape index (κ2) is 42.2. The summed E-state index contributed by atoms with van der Waals surface area (Å²) in [4.78, 5) is 4.71. The number of unbranched alkanes of at least 4 members (excludes halogenated alkanes) is 30. The lowest BCUT2D eigenvalue weighted by molar-refractivity contribution is 0.260. The number of hydrogen-bond acceptors (Lipinski definition) is 13. The van der Waals surface area contributed by atoms with Crippen LogP contribution in [0.2, 0.25) is 0 Å². The maximum atomic E-state index is 7.46. The summed E-state index contributed by atoms with van der Waals surface area (Å²) in [6.45, 7) is 16.3. The third-order valence-corrected chi connectivity index (χ3v) is 24.5. The number of rotatable bonds is 51. The second-order valence-corrected chi connectivity index (χ2v) is 32.0. The van der Waals surface area contributed by atoms with Crippen molar-refractivity contribution in [2.45, 2.75) is 286 Å². The summed E-state index contributed by atoms with van der Waals surface area (Å²) in [6.07, 6.45) is 45.2. The number of aryl methyl sites for hydroxylation is 2. The van der Waals surface area contributed by atoms with Gasteiger partial charge in [-0.25, -0.2) is 0 Å². The Labute approximate surface area is 615 Å². The van der Waals surface area contributed by atoms with Gasteiger partial charge in [0.1, 0.15) is 22.1 Å². The molecule has 0 aliphatic carbocycles. The number of aromatic nitrogens is 4. The van der Waals surface area contributed by atoms with E-state index in [-0.39, 0.29) is 0 Å². The Morgan fingerprint density at radius 2 is 0.566 bits per heavy atom. The quantitative estimate of drug-likeness (QED) is 0.0349. The molecule has 10 rings (SSSR count). The molecule has 5 aromatic heterocycles. The summed E-state index contributed by atoms with van der Waals surface area (Å²) in [7, 11) is 0. The van der Waals surface area contributed by atoms with Crippen LogP contribution in [0.5, 0.6) is 23.0 Å². The SMILES string of the molecule is CCCCCCCCOc1c(OCCCCCCCC)c(-c2cc3c(CCCCCCCC)c4sc(-c5c(OCCCCCCCC)c(OCCCCCCCC)c(-c6ccc(-c7ccccc7)s6)c6nsnc56)cc4c(CCCCCCCC)c3s2)c2nsnc2c1-c1ccccc1. The molecule has 0 bridgehead atoms. The van der Waals surface area contributed by atoms with Crippen LogP contribution in [0.25, 0.3) is 95.1 Å². The molecule has 5 heterocycles. The molecule has 10 aromatic rings. The van der Waals surface area contributed by atoms with E-state index in [0.717, 1.165) is 155 Å². The molecule has 534 valence electrons. The molecule has 0 spiro atoms. The van der Waals surface area contributed by atoms with Gasteiger partial charge in [0.2, 0.25) is 0 Å². The van der Waals surface area contributed by atoms with Crippen LogP contribution in [0.3, 0.4) is 0 Å². The van der Waals surface area contributed by atoms with Crippen LogP contribution >= 0.6 is 57.5 Å². The molecule has 0 N–H and O–H groups in total. The van der Waals surface area contributed by atoms with Gasteiger partial charge in [0, 0.05) is 28.9 Å².